The van der Waals surface area contributed by atoms with E-state index in [4.69, 9.17) is 9.26 Å². The van der Waals surface area contributed by atoms with E-state index in [2.05, 4.69) is 10.1 Å². The largest absolute Gasteiger partial charge is 0.455 e. The van der Waals surface area contributed by atoms with Gasteiger partial charge in [0, 0.05) is 17.6 Å². The van der Waals surface area contributed by atoms with Crippen LogP contribution in [-0.4, -0.2) is 20.5 Å². The van der Waals surface area contributed by atoms with E-state index in [9.17, 15) is 9.59 Å². The number of fused-ring (bicyclic) bond motifs is 1. The minimum absolute atomic E-state index is 0.0732. The van der Waals surface area contributed by atoms with Crippen molar-refractivity contribution in [2.45, 2.75) is 26.9 Å². The van der Waals surface area contributed by atoms with Crippen molar-refractivity contribution >= 4 is 22.3 Å². The molecule has 0 spiro atoms. The van der Waals surface area contributed by atoms with Gasteiger partial charge in [-0.25, -0.2) is 9.78 Å². The monoisotopic (exact) mass is 319 g/mol. The predicted octanol–water partition coefficient (Wildman–Crippen LogP) is 1.97. The number of aromatic nitrogens is 3. The third-order valence-corrected chi connectivity index (χ3v) is 3.94. The number of carbonyl (C=O) groups is 1. The van der Waals surface area contributed by atoms with Gasteiger partial charge in [-0.15, -0.1) is 11.3 Å². The molecule has 0 aromatic carbocycles. The van der Waals surface area contributed by atoms with Crippen LogP contribution in [0, 0.1) is 6.92 Å². The van der Waals surface area contributed by atoms with Gasteiger partial charge in [0.15, 0.2) is 4.96 Å². The third kappa shape index (κ3) is 2.52. The fraction of sp³-hybridized carbons (Fsp3) is 0.286. The van der Waals surface area contributed by atoms with Gasteiger partial charge in [0.05, 0.1) is 11.4 Å². The van der Waals surface area contributed by atoms with Gasteiger partial charge >= 0.3 is 5.97 Å². The van der Waals surface area contributed by atoms with Crippen LogP contribution in [0.2, 0.25) is 0 Å². The Balaban J connectivity index is 1.80. The maximum absolute atomic E-state index is 12.1. The summed E-state index contributed by atoms with van der Waals surface area (Å²) < 4.78 is 11.7. The molecule has 0 amide bonds. The number of hydrogen-bond donors (Lipinski definition) is 0. The molecule has 8 heteroatoms. The van der Waals surface area contributed by atoms with Crippen LogP contribution >= 0.6 is 11.3 Å². The molecule has 3 rings (SSSR count). The highest BCUT2D eigenvalue weighted by Crippen LogP contribution is 2.16. The van der Waals surface area contributed by atoms with Crippen LogP contribution in [-0.2, 0) is 17.8 Å². The maximum atomic E-state index is 12.1. The number of hydrogen-bond acceptors (Lipinski definition) is 7. The summed E-state index contributed by atoms with van der Waals surface area (Å²) in [5, 5.41) is 5.59. The van der Waals surface area contributed by atoms with E-state index < -0.39 is 5.97 Å². The molecule has 0 aliphatic heterocycles. The molecule has 3 aromatic rings. The van der Waals surface area contributed by atoms with E-state index in [1.54, 1.807) is 18.5 Å². The van der Waals surface area contributed by atoms with Crippen LogP contribution in [0.4, 0.5) is 0 Å². The number of esters is 1. The maximum Gasteiger partial charge on any atom is 0.344 e. The molecule has 0 atom stereocenters. The first-order chi connectivity index (χ1) is 10.6. The fourth-order valence-corrected chi connectivity index (χ4v) is 2.83. The lowest BCUT2D eigenvalue weighted by molar-refractivity contribution is 0.0464. The molecule has 0 saturated carbocycles. The standard InChI is InChI=1S/C14H13N3O4S/c1-3-10-12(8(2)21-16-10)13(19)20-7-9-6-11(18)17-4-5-22-14(17)15-9/h4-6H,3,7H2,1-2H3. The van der Waals surface area contributed by atoms with E-state index >= 15 is 0 Å². The second kappa shape index (κ2) is 5.72. The molecule has 3 heterocycles. The number of rotatable bonds is 4. The van der Waals surface area contributed by atoms with Gasteiger partial charge in [-0.05, 0) is 13.3 Å². The Morgan fingerprint density at radius 3 is 3.09 bits per heavy atom. The van der Waals surface area contributed by atoms with Gasteiger partial charge in [0.1, 0.15) is 17.9 Å². The second-order valence-corrected chi connectivity index (χ2v) is 5.50. The number of ether oxygens (including phenoxy) is 1. The fourth-order valence-electron chi connectivity index (χ4n) is 2.09. The zero-order valence-electron chi connectivity index (χ0n) is 12.0. The van der Waals surface area contributed by atoms with Crippen LogP contribution in [0.5, 0.6) is 0 Å². The minimum atomic E-state index is -0.524. The molecular formula is C14H13N3O4S. The Labute approximate surface area is 129 Å². The Bertz CT molecular complexity index is 893. The Morgan fingerprint density at radius 2 is 2.32 bits per heavy atom. The molecule has 3 aromatic heterocycles. The summed E-state index contributed by atoms with van der Waals surface area (Å²) in [6.07, 6.45) is 2.22. The summed E-state index contributed by atoms with van der Waals surface area (Å²) in [6, 6.07) is 1.36. The van der Waals surface area contributed by atoms with E-state index in [-0.39, 0.29) is 12.2 Å². The van der Waals surface area contributed by atoms with E-state index in [1.165, 1.54) is 21.8 Å². The van der Waals surface area contributed by atoms with Crippen molar-refractivity contribution in [1.29, 1.82) is 0 Å². The topological polar surface area (TPSA) is 86.7 Å². The molecule has 0 N–H and O–H groups in total. The Hall–Kier alpha value is -2.48. The first kappa shape index (κ1) is 14.5. The van der Waals surface area contributed by atoms with Crippen molar-refractivity contribution in [2.24, 2.45) is 0 Å². The Kier molecular flexibility index (Phi) is 3.76. The smallest absolute Gasteiger partial charge is 0.344 e. The van der Waals surface area contributed by atoms with Crippen LogP contribution in [0.1, 0.15) is 34.4 Å². The average molecular weight is 319 g/mol. The van der Waals surface area contributed by atoms with Crippen LogP contribution in [0.15, 0.2) is 27.0 Å². The molecule has 0 unspecified atom stereocenters. The molecule has 22 heavy (non-hydrogen) atoms. The normalized spacial score (nSPS) is 11.0. The summed E-state index contributed by atoms with van der Waals surface area (Å²) in [7, 11) is 0. The average Bonchev–Trinajstić information content (AvgIpc) is 3.11. The van der Waals surface area contributed by atoms with Gasteiger partial charge in [-0.3, -0.25) is 9.20 Å². The van der Waals surface area contributed by atoms with Crippen molar-refractivity contribution in [3.05, 3.63) is 50.7 Å². The lowest BCUT2D eigenvalue weighted by atomic mass is 10.1. The van der Waals surface area contributed by atoms with Crippen molar-refractivity contribution in [3.8, 4) is 0 Å². The van der Waals surface area contributed by atoms with Crippen molar-refractivity contribution in [2.75, 3.05) is 0 Å². The molecular weight excluding hydrogens is 306 g/mol. The zero-order chi connectivity index (χ0) is 15.7. The lowest BCUT2D eigenvalue weighted by Gasteiger charge is -2.04. The zero-order valence-corrected chi connectivity index (χ0v) is 12.8. The molecule has 7 nitrogen and oxygen atoms in total. The molecule has 0 fully saturated rings. The molecule has 0 radical (unpaired) electrons. The molecule has 114 valence electrons. The Morgan fingerprint density at radius 1 is 1.50 bits per heavy atom. The summed E-state index contributed by atoms with van der Waals surface area (Å²) in [4.78, 5) is 28.8. The van der Waals surface area contributed by atoms with E-state index in [1.807, 2.05) is 6.92 Å². The number of thiazole rings is 1. The number of carbonyl (C=O) groups excluding carboxylic acids is 1. The number of aryl methyl sites for hydroxylation is 2. The SMILES string of the molecule is CCc1noc(C)c1C(=O)OCc1cc(=O)n2ccsc2n1. The quantitative estimate of drug-likeness (QED) is 0.683. The van der Waals surface area contributed by atoms with Gasteiger partial charge < -0.3 is 9.26 Å². The summed E-state index contributed by atoms with van der Waals surface area (Å²) >= 11 is 1.34. The minimum Gasteiger partial charge on any atom is -0.455 e. The first-order valence-electron chi connectivity index (χ1n) is 6.68. The highest BCUT2D eigenvalue weighted by atomic mass is 32.1. The third-order valence-electron chi connectivity index (χ3n) is 3.18. The molecule has 0 aliphatic carbocycles. The van der Waals surface area contributed by atoms with Gasteiger partial charge in [-0.1, -0.05) is 12.1 Å². The van der Waals surface area contributed by atoms with Gasteiger partial charge in [0.25, 0.3) is 5.56 Å². The van der Waals surface area contributed by atoms with Gasteiger partial charge in [-0.2, -0.15) is 0 Å². The highest BCUT2D eigenvalue weighted by Gasteiger charge is 2.20. The summed E-state index contributed by atoms with van der Waals surface area (Å²) in [5.41, 5.74) is 1.11. The summed E-state index contributed by atoms with van der Waals surface area (Å²) in [5.74, 6) is -0.104. The first-order valence-corrected chi connectivity index (χ1v) is 7.56. The van der Waals surface area contributed by atoms with E-state index in [0.717, 1.165) is 0 Å². The number of nitrogens with zero attached hydrogens (tertiary/aromatic N) is 3. The van der Waals surface area contributed by atoms with Crippen LogP contribution < -0.4 is 5.56 Å². The van der Waals surface area contributed by atoms with Crippen molar-refractivity contribution in [3.63, 3.8) is 0 Å². The lowest BCUT2D eigenvalue weighted by Crippen LogP contribution is -2.15. The van der Waals surface area contributed by atoms with Crippen molar-refractivity contribution < 1.29 is 14.1 Å². The predicted molar refractivity (Wildman–Crippen MR) is 79.1 cm³/mol. The van der Waals surface area contributed by atoms with Gasteiger partial charge in [0.2, 0.25) is 0 Å². The second-order valence-electron chi connectivity index (χ2n) is 4.63. The van der Waals surface area contributed by atoms with E-state index in [0.29, 0.717) is 34.1 Å². The van der Waals surface area contributed by atoms with Crippen molar-refractivity contribution in [1.82, 2.24) is 14.5 Å². The van der Waals surface area contributed by atoms with Crippen LogP contribution in [0.3, 0.4) is 0 Å². The highest BCUT2D eigenvalue weighted by molar-refractivity contribution is 7.15. The molecule has 0 bridgehead atoms. The molecule has 0 saturated heterocycles. The summed E-state index contributed by atoms with van der Waals surface area (Å²) in [6.45, 7) is 3.46. The molecule has 0 aliphatic rings. The van der Waals surface area contributed by atoms with Crippen LogP contribution in [0.25, 0.3) is 4.96 Å².